The molecular formula is C35H34N2O10. The average Bonchev–Trinajstić information content (AvgIpc) is 3.59. The van der Waals surface area contributed by atoms with Gasteiger partial charge in [0.1, 0.15) is 18.0 Å². The summed E-state index contributed by atoms with van der Waals surface area (Å²) in [6.07, 6.45) is 1.63. The topological polar surface area (TPSA) is 137 Å². The summed E-state index contributed by atoms with van der Waals surface area (Å²) in [7, 11) is 7.17. The third-order valence-electron chi connectivity index (χ3n) is 7.45. The molecule has 0 bridgehead atoms. The van der Waals surface area contributed by atoms with E-state index in [0.717, 1.165) is 0 Å². The van der Waals surface area contributed by atoms with Gasteiger partial charge in [-0.3, -0.25) is 9.36 Å². The lowest BCUT2D eigenvalue weighted by Crippen LogP contribution is -2.27. The van der Waals surface area contributed by atoms with Crippen molar-refractivity contribution in [2.45, 2.75) is 13.5 Å². The first kappa shape index (κ1) is 32.5. The zero-order valence-corrected chi connectivity index (χ0v) is 26.8. The van der Waals surface area contributed by atoms with E-state index in [2.05, 4.69) is 4.98 Å². The van der Waals surface area contributed by atoms with Crippen LogP contribution in [0.5, 0.6) is 28.7 Å². The lowest BCUT2D eigenvalue weighted by molar-refractivity contribution is 0.0519. The number of nitrogens with one attached hydrogen (secondary N) is 1. The highest BCUT2D eigenvalue weighted by molar-refractivity contribution is 6.08. The number of methoxy groups -OCH3 is 5. The van der Waals surface area contributed by atoms with Gasteiger partial charge >= 0.3 is 11.9 Å². The van der Waals surface area contributed by atoms with Gasteiger partial charge in [-0.05, 0) is 55.0 Å². The second kappa shape index (κ2) is 14.0. The highest BCUT2D eigenvalue weighted by atomic mass is 16.5. The van der Waals surface area contributed by atoms with E-state index in [1.807, 2.05) is 0 Å². The Morgan fingerprint density at radius 3 is 2.02 bits per heavy atom. The van der Waals surface area contributed by atoms with Crippen LogP contribution in [0.4, 0.5) is 0 Å². The molecule has 244 valence electrons. The van der Waals surface area contributed by atoms with E-state index >= 15 is 0 Å². The SMILES string of the molecule is CCOC(=O)c1cc(COc2cc3c(=O)n(-c4ccccc4)c(C(=O)OC)c(-c4cc(OC)c(OC)c(OC)c4)c3cc2OC)c[nH]1. The van der Waals surface area contributed by atoms with E-state index in [1.54, 1.807) is 73.8 Å². The van der Waals surface area contributed by atoms with Crippen LogP contribution in [0.15, 0.2) is 71.7 Å². The maximum atomic E-state index is 14.4. The molecule has 0 aliphatic heterocycles. The molecule has 5 rings (SSSR count). The number of esters is 2. The molecule has 12 nitrogen and oxygen atoms in total. The second-order valence-electron chi connectivity index (χ2n) is 10.1. The molecule has 2 heterocycles. The summed E-state index contributed by atoms with van der Waals surface area (Å²) in [6, 6.07) is 17.0. The zero-order valence-electron chi connectivity index (χ0n) is 26.8. The molecule has 12 heteroatoms. The van der Waals surface area contributed by atoms with Crippen LogP contribution >= 0.6 is 0 Å². The number of pyridine rings is 1. The van der Waals surface area contributed by atoms with Gasteiger partial charge in [0.25, 0.3) is 5.56 Å². The third-order valence-corrected chi connectivity index (χ3v) is 7.45. The molecule has 47 heavy (non-hydrogen) atoms. The molecule has 0 amide bonds. The number of hydrogen-bond acceptors (Lipinski definition) is 10. The van der Waals surface area contributed by atoms with Crippen molar-refractivity contribution < 1.29 is 42.7 Å². The summed E-state index contributed by atoms with van der Waals surface area (Å²) in [5.74, 6) is 0.346. The molecule has 0 spiro atoms. The predicted molar refractivity (Wildman–Crippen MR) is 174 cm³/mol. The van der Waals surface area contributed by atoms with Crippen LogP contribution in [0.1, 0.15) is 33.5 Å². The zero-order chi connectivity index (χ0) is 33.7. The van der Waals surface area contributed by atoms with Crippen LogP contribution in [0.2, 0.25) is 0 Å². The average molecular weight is 643 g/mol. The number of benzene rings is 3. The van der Waals surface area contributed by atoms with Crippen molar-refractivity contribution in [3.05, 3.63) is 94.2 Å². The van der Waals surface area contributed by atoms with Gasteiger partial charge in [0.05, 0.1) is 47.5 Å². The Morgan fingerprint density at radius 2 is 1.43 bits per heavy atom. The first-order valence-corrected chi connectivity index (χ1v) is 14.5. The first-order valence-electron chi connectivity index (χ1n) is 14.5. The third kappa shape index (κ3) is 6.17. The molecule has 0 radical (unpaired) electrons. The fraction of sp³-hybridized carbons (Fsp3) is 0.229. The van der Waals surface area contributed by atoms with Crippen LogP contribution in [-0.4, -0.2) is 63.6 Å². The molecule has 2 aromatic heterocycles. The number of rotatable bonds is 12. The van der Waals surface area contributed by atoms with Crippen molar-refractivity contribution in [3.8, 4) is 45.6 Å². The number of para-hydroxylation sites is 1. The molecule has 1 N–H and O–H groups in total. The lowest BCUT2D eigenvalue weighted by atomic mass is 9.95. The molecular weight excluding hydrogens is 608 g/mol. The normalized spacial score (nSPS) is 10.8. The van der Waals surface area contributed by atoms with Gasteiger partial charge in [0.2, 0.25) is 5.75 Å². The van der Waals surface area contributed by atoms with E-state index in [0.29, 0.717) is 50.8 Å². The molecule has 0 saturated carbocycles. The van der Waals surface area contributed by atoms with Gasteiger partial charge in [-0.1, -0.05) is 18.2 Å². The summed E-state index contributed by atoms with van der Waals surface area (Å²) < 4.78 is 40.2. The Hall–Kier alpha value is -5.91. The quantitative estimate of drug-likeness (QED) is 0.172. The minimum Gasteiger partial charge on any atom is -0.493 e. The number of fused-ring (bicyclic) bond motifs is 1. The standard InChI is InChI=1S/C35H34N2O10/c1-7-46-34(39)25-13-20(18-36-25)19-47-27-17-24-23(16-26(27)41-2)30(21-14-28(42-3)32(44-5)29(15-21)43-4)31(35(40)45-6)37(33(24)38)22-11-9-8-10-12-22/h8-18,36H,7,19H2,1-6H3. The Kier molecular flexibility index (Phi) is 9.69. The van der Waals surface area contributed by atoms with Crippen molar-refractivity contribution in [2.24, 2.45) is 0 Å². The maximum Gasteiger partial charge on any atom is 0.355 e. The minimum absolute atomic E-state index is 0.0278. The van der Waals surface area contributed by atoms with Crippen LogP contribution in [0.3, 0.4) is 0 Å². The molecule has 0 unspecified atom stereocenters. The van der Waals surface area contributed by atoms with Crippen molar-refractivity contribution in [1.29, 1.82) is 0 Å². The Balaban J connectivity index is 1.80. The van der Waals surface area contributed by atoms with E-state index in [1.165, 1.54) is 40.1 Å². The van der Waals surface area contributed by atoms with Gasteiger partial charge in [-0.2, -0.15) is 0 Å². The van der Waals surface area contributed by atoms with Crippen molar-refractivity contribution in [1.82, 2.24) is 9.55 Å². The van der Waals surface area contributed by atoms with E-state index < -0.39 is 17.5 Å². The van der Waals surface area contributed by atoms with Crippen molar-refractivity contribution in [3.63, 3.8) is 0 Å². The number of aromatic nitrogens is 2. The lowest BCUT2D eigenvalue weighted by Gasteiger charge is -2.21. The molecule has 0 fully saturated rings. The summed E-state index contributed by atoms with van der Waals surface area (Å²) >= 11 is 0. The molecule has 0 saturated heterocycles. The van der Waals surface area contributed by atoms with Crippen LogP contribution in [0, 0.1) is 0 Å². The molecule has 0 aliphatic rings. The van der Waals surface area contributed by atoms with Gasteiger partial charge in [0.15, 0.2) is 23.0 Å². The maximum absolute atomic E-state index is 14.4. The van der Waals surface area contributed by atoms with E-state index in [-0.39, 0.29) is 35.7 Å². The highest BCUT2D eigenvalue weighted by Gasteiger charge is 2.28. The Morgan fingerprint density at radius 1 is 0.766 bits per heavy atom. The van der Waals surface area contributed by atoms with Gasteiger partial charge in [-0.25, -0.2) is 9.59 Å². The number of hydrogen-bond donors (Lipinski definition) is 1. The molecule has 0 atom stereocenters. The van der Waals surface area contributed by atoms with Crippen LogP contribution in [0.25, 0.3) is 27.6 Å². The fourth-order valence-corrected chi connectivity index (χ4v) is 5.32. The monoisotopic (exact) mass is 642 g/mol. The Bertz CT molecular complexity index is 1970. The van der Waals surface area contributed by atoms with Gasteiger partial charge in [-0.15, -0.1) is 0 Å². The van der Waals surface area contributed by atoms with Gasteiger partial charge in [0, 0.05) is 28.4 Å². The van der Waals surface area contributed by atoms with Crippen molar-refractivity contribution >= 4 is 22.7 Å². The van der Waals surface area contributed by atoms with Crippen LogP contribution in [-0.2, 0) is 16.1 Å². The fourth-order valence-electron chi connectivity index (χ4n) is 5.32. The molecule has 3 aromatic carbocycles. The van der Waals surface area contributed by atoms with Crippen molar-refractivity contribution in [2.75, 3.05) is 42.2 Å². The second-order valence-corrected chi connectivity index (χ2v) is 10.1. The first-order chi connectivity index (χ1) is 22.8. The van der Waals surface area contributed by atoms with Crippen LogP contribution < -0.4 is 29.2 Å². The summed E-state index contributed by atoms with van der Waals surface area (Å²) in [6.45, 7) is 2.02. The summed E-state index contributed by atoms with van der Waals surface area (Å²) in [4.78, 5) is 43.0. The van der Waals surface area contributed by atoms with E-state index in [4.69, 9.17) is 33.2 Å². The highest BCUT2D eigenvalue weighted by Crippen LogP contribution is 2.45. The molecule has 5 aromatic rings. The minimum atomic E-state index is -0.749. The number of ether oxygens (including phenoxy) is 7. The number of carbonyl (C=O) groups is 2. The summed E-state index contributed by atoms with van der Waals surface area (Å²) in [5, 5.41) is 0.606. The summed E-state index contributed by atoms with van der Waals surface area (Å²) in [5.41, 5.74) is 1.68. The smallest absolute Gasteiger partial charge is 0.355 e. The number of carbonyl (C=O) groups excluding carboxylic acids is 2. The number of nitrogens with zero attached hydrogens (tertiary/aromatic N) is 1. The molecule has 0 aliphatic carbocycles. The largest absolute Gasteiger partial charge is 0.493 e. The van der Waals surface area contributed by atoms with Gasteiger partial charge < -0.3 is 38.1 Å². The predicted octanol–water partition coefficient (Wildman–Crippen LogP) is 5.56. The number of H-pyrrole nitrogens is 1. The number of aromatic amines is 1. The van der Waals surface area contributed by atoms with E-state index in [9.17, 15) is 14.4 Å². The Labute approximate surface area is 270 Å².